The van der Waals surface area contributed by atoms with Gasteiger partial charge in [0.25, 0.3) is 0 Å². The first-order valence-electron chi connectivity index (χ1n) is 7.03. The molecule has 98 valence electrons. The van der Waals surface area contributed by atoms with Gasteiger partial charge in [-0.3, -0.25) is 4.90 Å². The van der Waals surface area contributed by atoms with Crippen molar-refractivity contribution in [2.24, 2.45) is 0 Å². The summed E-state index contributed by atoms with van der Waals surface area (Å²) in [6.45, 7) is 3.98. The van der Waals surface area contributed by atoms with Crippen molar-refractivity contribution in [3.05, 3.63) is 0 Å². The smallest absolute Gasteiger partial charge is 0.184 e. The van der Waals surface area contributed by atoms with Gasteiger partial charge in [0, 0.05) is 12.5 Å². The summed E-state index contributed by atoms with van der Waals surface area (Å²) in [6, 6.07) is 1.08. The molecule has 2 aliphatic heterocycles. The molecule has 2 saturated heterocycles. The van der Waals surface area contributed by atoms with Crippen molar-refractivity contribution >= 4 is 0 Å². The number of rotatable bonds is 2. The molecular formula is C13H24N2O2. The van der Waals surface area contributed by atoms with Crippen molar-refractivity contribution in [2.75, 3.05) is 33.4 Å². The van der Waals surface area contributed by atoms with Crippen LogP contribution in [0.3, 0.4) is 0 Å². The number of nitrogens with one attached hydrogen (secondary N) is 1. The van der Waals surface area contributed by atoms with Gasteiger partial charge in [-0.2, -0.15) is 0 Å². The van der Waals surface area contributed by atoms with Crippen molar-refractivity contribution in [1.82, 2.24) is 10.2 Å². The van der Waals surface area contributed by atoms with Crippen LogP contribution in [0.25, 0.3) is 0 Å². The van der Waals surface area contributed by atoms with Crippen molar-refractivity contribution in [2.45, 2.75) is 50.0 Å². The molecule has 3 aliphatic rings. The van der Waals surface area contributed by atoms with Crippen LogP contribution in [0.5, 0.6) is 0 Å². The van der Waals surface area contributed by atoms with Crippen molar-refractivity contribution < 1.29 is 9.47 Å². The van der Waals surface area contributed by atoms with Crippen LogP contribution in [0.1, 0.15) is 32.1 Å². The zero-order valence-corrected chi connectivity index (χ0v) is 10.8. The molecule has 17 heavy (non-hydrogen) atoms. The molecular weight excluding hydrogens is 216 g/mol. The molecule has 1 spiro atoms. The zero-order valence-electron chi connectivity index (χ0n) is 10.8. The van der Waals surface area contributed by atoms with E-state index in [0.717, 1.165) is 26.1 Å². The third-order valence-electron chi connectivity index (χ3n) is 4.62. The SMILES string of the molecule is CN[C@H]1CCC2(OCCO2)[C@H](N2CCCC2)C1. The topological polar surface area (TPSA) is 33.7 Å². The van der Waals surface area contributed by atoms with Gasteiger partial charge in [0.05, 0.1) is 19.3 Å². The predicted octanol–water partition coefficient (Wildman–Crippen LogP) is 0.966. The second kappa shape index (κ2) is 4.84. The molecule has 3 fully saturated rings. The van der Waals surface area contributed by atoms with Gasteiger partial charge in [0.15, 0.2) is 5.79 Å². The number of hydrogen-bond donors (Lipinski definition) is 1. The van der Waals surface area contributed by atoms with Crippen molar-refractivity contribution in [1.29, 1.82) is 0 Å². The Labute approximate surface area is 104 Å². The van der Waals surface area contributed by atoms with E-state index in [1.165, 1.54) is 32.4 Å². The Hall–Kier alpha value is -0.160. The van der Waals surface area contributed by atoms with Crippen LogP contribution >= 0.6 is 0 Å². The highest BCUT2D eigenvalue weighted by Gasteiger charge is 2.50. The summed E-state index contributed by atoms with van der Waals surface area (Å²) in [5.41, 5.74) is 0. The predicted molar refractivity (Wildman–Crippen MR) is 65.9 cm³/mol. The van der Waals surface area contributed by atoms with Gasteiger partial charge in [-0.05, 0) is 45.8 Å². The average molecular weight is 240 g/mol. The van der Waals surface area contributed by atoms with Crippen LogP contribution in [-0.2, 0) is 9.47 Å². The van der Waals surface area contributed by atoms with E-state index in [0.29, 0.717) is 12.1 Å². The Morgan fingerprint density at radius 3 is 2.53 bits per heavy atom. The fourth-order valence-electron chi connectivity index (χ4n) is 3.66. The van der Waals surface area contributed by atoms with Crippen LogP contribution in [-0.4, -0.2) is 56.1 Å². The second-order valence-electron chi connectivity index (χ2n) is 5.53. The summed E-state index contributed by atoms with van der Waals surface area (Å²) in [5.74, 6) is -0.280. The highest BCUT2D eigenvalue weighted by Crippen LogP contribution is 2.39. The van der Waals surface area contributed by atoms with E-state index in [-0.39, 0.29) is 5.79 Å². The number of likely N-dealkylation sites (tertiary alicyclic amines) is 1. The van der Waals surface area contributed by atoms with E-state index in [9.17, 15) is 0 Å². The van der Waals surface area contributed by atoms with Gasteiger partial charge in [-0.1, -0.05) is 0 Å². The standard InChI is InChI=1S/C13H24N2O2/c1-14-11-4-5-13(16-8-9-17-13)12(10-11)15-6-2-3-7-15/h11-12,14H,2-10H2,1H3/t11-,12+/m0/s1. The van der Waals surface area contributed by atoms with E-state index in [1.807, 2.05) is 0 Å². The molecule has 2 atom stereocenters. The Bertz CT molecular complexity index is 260. The average Bonchev–Trinajstić information content (AvgIpc) is 3.02. The van der Waals surface area contributed by atoms with Crippen molar-refractivity contribution in [3.8, 4) is 0 Å². The molecule has 0 bridgehead atoms. The fourth-order valence-corrected chi connectivity index (χ4v) is 3.66. The maximum atomic E-state index is 6.01. The Morgan fingerprint density at radius 1 is 1.18 bits per heavy atom. The molecule has 4 heteroatoms. The number of ether oxygens (including phenoxy) is 2. The molecule has 0 aromatic heterocycles. The molecule has 1 aliphatic carbocycles. The molecule has 1 N–H and O–H groups in total. The van der Waals surface area contributed by atoms with Crippen LogP contribution in [0.4, 0.5) is 0 Å². The molecule has 0 radical (unpaired) electrons. The minimum atomic E-state index is -0.280. The van der Waals surface area contributed by atoms with E-state index < -0.39 is 0 Å². The molecule has 0 unspecified atom stereocenters. The normalized spacial score (nSPS) is 37.9. The third-order valence-corrected chi connectivity index (χ3v) is 4.62. The molecule has 1 saturated carbocycles. The lowest BCUT2D eigenvalue weighted by Gasteiger charge is -2.46. The summed E-state index contributed by atoms with van der Waals surface area (Å²) in [5, 5.41) is 3.43. The quantitative estimate of drug-likeness (QED) is 0.780. The lowest BCUT2D eigenvalue weighted by atomic mass is 9.84. The number of nitrogens with zero attached hydrogens (tertiary/aromatic N) is 1. The summed E-state index contributed by atoms with van der Waals surface area (Å²) in [6.07, 6.45) is 6.03. The first-order chi connectivity index (χ1) is 8.34. The van der Waals surface area contributed by atoms with Gasteiger partial charge in [0.1, 0.15) is 0 Å². The maximum Gasteiger partial charge on any atom is 0.184 e. The first-order valence-corrected chi connectivity index (χ1v) is 7.03. The molecule has 4 nitrogen and oxygen atoms in total. The van der Waals surface area contributed by atoms with E-state index in [4.69, 9.17) is 9.47 Å². The summed E-state index contributed by atoms with van der Waals surface area (Å²) < 4.78 is 12.0. The lowest BCUT2D eigenvalue weighted by molar-refractivity contribution is -0.219. The van der Waals surface area contributed by atoms with Crippen LogP contribution in [0.15, 0.2) is 0 Å². The molecule has 2 heterocycles. The molecule has 0 aromatic carbocycles. The van der Waals surface area contributed by atoms with Crippen LogP contribution in [0, 0.1) is 0 Å². The summed E-state index contributed by atoms with van der Waals surface area (Å²) in [4.78, 5) is 2.59. The van der Waals surface area contributed by atoms with Gasteiger partial charge >= 0.3 is 0 Å². The van der Waals surface area contributed by atoms with Crippen LogP contribution < -0.4 is 5.32 Å². The van der Waals surface area contributed by atoms with E-state index in [1.54, 1.807) is 0 Å². The largest absolute Gasteiger partial charge is 0.346 e. The second-order valence-corrected chi connectivity index (χ2v) is 5.53. The zero-order chi connectivity index (χ0) is 11.7. The fraction of sp³-hybridized carbons (Fsp3) is 1.00. The summed E-state index contributed by atoms with van der Waals surface area (Å²) >= 11 is 0. The van der Waals surface area contributed by atoms with Crippen LogP contribution in [0.2, 0.25) is 0 Å². The monoisotopic (exact) mass is 240 g/mol. The maximum absolute atomic E-state index is 6.01. The molecule has 3 rings (SSSR count). The molecule has 0 amide bonds. The minimum absolute atomic E-state index is 0.280. The Kier molecular flexibility index (Phi) is 3.39. The van der Waals surface area contributed by atoms with Gasteiger partial charge < -0.3 is 14.8 Å². The Balaban J connectivity index is 1.77. The van der Waals surface area contributed by atoms with E-state index >= 15 is 0 Å². The highest BCUT2D eigenvalue weighted by atomic mass is 16.7. The minimum Gasteiger partial charge on any atom is -0.346 e. The van der Waals surface area contributed by atoms with Gasteiger partial charge in [0.2, 0.25) is 0 Å². The number of hydrogen-bond acceptors (Lipinski definition) is 4. The highest BCUT2D eigenvalue weighted by molar-refractivity contribution is 4.98. The van der Waals surface area contributed by atoms with E-state index in [2.05, 4.69) is 17.3 Å². The Morgan fingerprint density at radius 2 is 1.88 bits per heavy atom. The first kappa shape index (κ1) is 11.9. The summed E-state index contributed by atoms with van der Waals surface area (Å²) in [7, 11) is 2.07. The van der Waals surface area contributed by atoms with Gasteiger partial charge in [-0.15, -0.1) is 0 Å². The van der Waals surface area contributed by atoms with Gasteiger partial charge in [-0.25, -0.2) is 0 Å². The molecule has 0 aromatic rings. The lowest BCUT2D eigenvalue weighted by Crippen LogP contribution is -2.58. The third kappa shape index (κ3) is 2.12. The van der Waals surface area contributed by atoms with Crippen molar-refractivity contribution in [3.63, 3.8) is 0 Å².